The Morgan fingerprint density at radius 2 is 1.06 bits per heavy atom. The fraction of sp³-hybridized carbons (Fsp3) is 0.400. The summed E-state index contributed by atoms with van der Waals surface area (Å²) in [6.45, 7) is 2.30. The average Bonchev–Trinajstić information content (AvgIpc) is 2.80. The quantitative estimate of drug-likeness (QED) is 0.112. The van der Waals surface area contributed by atoms with E-state index in [1.807, 2.05) is 0 Å². The van der Waals surface area contributed by atoms with Gasteiger partial charge in [0.1, 0.15) is 0 Å². The zero-order chi connectivity index (χ0) is 21.8. The second-order valence-corrected chi connectivity index (χ2v) is 10.3. The molecule has 172 valence electrons. The van der Waals surface area contributed by atoms with Gasteiger partial charge >= 0.3 is 0 Å². The van der Waals surface area contributed by atoms with Crippen molar-refractivity contribution in [3.8, 4) is 0 Å². The van der Waals surface area contributed by atoms with Crippen molar-refractivity contribution in [2.24, 2.45) is 5.92 Å². The molecule has 2 atom stereocenters. The van der Waals surface area contributed by atoms with E-state index in [0.717, 1.165) is 19.3 Å². The molecule has 0 aliphatic heterocycles. The van der Waals surface area contributed by atoms with E-state index in [1.54, 1.807) is 0 Å². The third-order valence-electron chi connectivity index (χ3n) is 6.55. The van der Waals surface area contributed by atoms with Crippen LogP contribution in [0, 0.1) is 5.92 Å². The lowest BCUT2D eigenvalue weighted by atomic mass is 9.75. The van der Waals surface area contributed by atoms with E-state index in [1.165, 1.54) is 55.2 Å². The Kier molecular flexibility index (Phi) is 12.6. The van der Waals surface area contributed by atoms with E-state index in [9.17, 15) is 0 Å². The van der Waals surface area contributed by atoms with Crippen LogP contribution in [0.15, 0.2) is 91.0 Å². The van der Waals surface area contributed by atoms with Gasteiger partial charge in [-0.05, 0) is 53.4 Å². The molecule has 0 aromatic heterocycles. The zero-order valence-corrected chi connectivity index (χ0v) is 23.1. The second kappa shape index (κ2) is 14.9. The SMILES string of the molecule is CCCCCCCC(Cc1ccccc1)C(P)(Cc1ccccc1)Cc1ccccc1.I. The van der Waals surface area contributed by atoms with Gasteiger partial charge in [-0.15, -0.1) is 33.2 Å². The van der Waals surface area contributed by atoms with Crippen molar-refractivity contribution in [2.75, 3.05) is 0 Å². The van der Waals surface area contributed by atoms with Crippen LogP contribution in [-0.4, -0.2) is 5.16 Å². The van der Waals surface area contributed by atoms with Gasteiger partial charge in [-0.2, -0.15) is 0 Å². The molecule has 3 aromatic carbocycles. The highest BCUT2D eigenvalue weighted by molar-refractivity contribution is 14.0. The summed E-state index contributed by atoms with van der Waals surface area (Å²) in [5, 5.41) is 0.142. The van der Waals surface area contributed by atoms with Crippen LogP contribution in [-0.2, 0) is 19.3 Å². The van der Waals surface area contributed by atoms with Crippen LogP contribution in [0.25, 0.3) is 0 Å². The Balaban J connectivity index is 0.00000363. The lowest BCUT2D eigenvalue weighted by Gasteiger charge is -2.39. The largest absolute Gasteiger partial charge is 0.130 e. The van der Waals surface area contributed by atoms with Crippen LogP contribution in [0.3, 0.4) is 0 Å². The molecular weight excluding hydrogens is 518 g/mol. The molecular formula is C30H40IP. The van der Waals surface area contributed by atoms with Gasteiger partial charge in [0.05, 0.1) is 0 Å². The van der Waals surface area contributed by atoms with E-state index in [0.29, 0.717) is 5.92 Å². The summed E-state index contributed by atoms with van der Waals surface area (Å²) in [5.74, 6) is 0.627. The van der Waals surface area contributed by atoms with Gasteiger partial charge in [0.15, 0.2) is 0 Å². The number of benzene rings is 3. The smallest absolute Gasteiger partial charge is 0.00385 e. The Morgan fingerprint density at radius 3 is 1.53 bits per heavy atom. The molecule has 3 aromatic rings. The van der Waals surface area contributed by atoms with Crippen molar-refractivity contribution < 1.29 is 0 Å². The molecule has 0 saturated carbocycles. The van der Waals surface area contributed by atoms with E-state index in [2.05, 4.69) is 107 Å². The monoisotopic (exact) mass is 558 g/mol. The van der Waals surface area contributed by atoms with Gasteiger partial charge < -0.3 is 0 Å². The molecule has 0 aliphatic rings. The maximum Gasteiger partial charge on any atom is -0.00385 e. The van der Waals surface area contributed by atoms with Gasteiger partial charge in [-0.1, -0.05) is 130 Å². The van der Waals surface area contributed by atoms with Crippen molar-refractivity contribution in [3.63, 3.8) is 0 Å². The number of halogens is 1. The first-order chi connectivity index (χ1) is 15.2. The molecule has 0 fully saturated rings. The molecule has 0 radical (unpaired) electrons. The van der Waals surface area contributed by atoms with E-state index in [4.69, 9.17) is 0 Å². The molecule has 0 aliphatic carbocycles. The predicted molar refractivity (Wildman–Crippen MR) is 155 cm³/mol. The maximum atomic E-state index is 3.36. The van der Waals surface area contributed by atoms with Gasteiger partial charge in [-0.25, -0.2) is 0 Å². The Bertz CT molecular complexity index is 806. The van der Waals surface area contributed by atoms with Crippen molar-refractivity contribution >= 4 is 33.2 Å². The predicted octanol–water partition coefficient (Wildman–Crippen LogP) is 8.92. The summed E-state index contributed by atoms with van der Waals surface area (Å²) in [6.07, 6.45) is 11.4. The highest BCUT2D eigenvalue weighted by atomic mass is 127. The molecule has 2 unspecified atom stereocenters. The molecule has 0 amide bonds. The van der Waals surface area contributed by atoms with E-state index >= 15 is 0 Å². The number of hydrogen-bond donors (Lipinski definition) is 0. The van der Waals surface area contributed by atoms with E-state index in [-0.39, 0.29) is 29.1 Å². The van der Waals surface area contributed by atoms with Crippen LogP contribution in [0.2, 0.25) is 0 Å². The zero-order valence-electron chi connectivity index (χ0n) is 19.6. The number of unbranched alkanes of at least 4 members (excludes halogenated alkanes) is 4. The summed E-state index contributed by atoms with van der Waals surface area (Å²) in [5.41, 5.74) is 4.35. The van der Waals surface area contributed by atoms with Crippen molar-refractivity contribution in [2.45, 2.75) is 69.9 Å². The third-order valence-corrected chi connectivity index (χ3v) is 7.43. The standard InChI is InChI=1S/C30H39P.HI/c1-2-3-4-5-15-22-29(23-26-16-9-6-10-17-26)30(31,24-27-18-11-7-12-19-27)25-28-20-13-8-14-21-28;/h6-14,16-21,29H,2-5,15,22-25,31H2,1H3;1H. The molecule has 32 heavy (non-hydrogen) atoms. The van der Waals surface area contributed by atoms with Crippen molar-refractivity contribution in [1.29, 1.82) is 0 Å². The van der Waals surface area contributed by atoms with Crippen LogP contribution >= 0.6 is 33.2 Å². The Hall–Kier alpha value is -1.18. The molecule has 0 nitrogen and oxygen atoms in total. The molecule has 3 rings (SSSR count). The van der Waals surface area contributed by atoms with Crippen LogP contribution in [0.4, 0.5) is 0 Å². The van der Waals surface area contributed by atoms with Gasteiger partial charge in [0, 0.05) is 0 Å². The summed E-state index contributed by atoms with van der Waals surface area (Å²) in [6, 6.07) is 33.3. The second-order valence-electron chi connectivity index (χ2n) is 9.15. The lowest BCUT2D eigenvalue weighted by Crippen LogP contribution is -2.38. The fourth-order valence-corrected chi connectivity index (χ4v) is 5.54. The minimum atomic E-state index is 0. The van der Waals surface area contributed by atoms with E-state index < -0.39 is 0 Å². The minimum absolute atomic E-state index is 0. The van der Waals surface area contributed by atoms with Crippen LogP contribution in [0.1, 0.15) is 62.1 Å². The average molecular weight is 559 g/mol. The highest BCUT2D eigenvalue weighted by Crippen LogP contribution is 2.40. The molecule has 0 saturated heterocycles. The summed E-state index contributed by atoms with van der Waals surface area (Å²) in [4.78, 5) is 0. The molecule has 0 N–H and O–H groups in total. The van der Waals surface area contributed by atoms with Crippen LogP contribution in [0.5, 0.6) is 0 Å². The summed E-state index contributed by atoms with van der Waals surface area (Å²) < 4.78 is 0. The first kappa shape index (κ1) is 27.1. The van der Waals surface area contributed by atoms with Gasteiger partial charge in [0.2, 0.25) is 0 Å². The Morgan fingerprint density at radius 1 is 0.625 bits per heavy atom. The fourth-order valence-electron chi connectivity index (χ4n) is 4.79. The van der Waals surface area contributed by atoms with Gasteiger partial charge in [0.25, 0.3) is 0 Å². The van der Waals surface area contributed by atoms with Crippen LogP contribution < -0.4 is 0 Å². The number of hydrogen-bond acceptors (Lipinski definition) is 0. The van der Waals surface area contributed by atoms with Gasteiger partial charge in [-0.3, -0.25) is 0 Å². The lowest BCUT2D eigenvalue weighted by molar-refractivity contribution is 0.331. The molecule has 2 heteroatoms. The Labute approximate surface area is 215 Å². The number of rotatable bonds is 13. The van der Waals surface area contributed by atoms with Crippen molar-refractivity contribution in [3.05, 3.63) is 108 Å². The molecule has 0 bridgehead atoms. The normalized spacial score (nSPS) is 12.2. The molecule has 0 spiro atoms. The first-order valence-corrected chi connectivity index (χ1v) is 12.7. The summed E-state index contributed by atoms with van der Waals surface area (Å²) in [7, 11) is 3.36. The first-order valence-electron chi connectivity index (χ1n) is 12.1. The molecule has 0 heterocycles. The maximum absolute atomic E-state index is 3.36. The summed E-state index contributed by atoms with van der Waals surface area (Å²) >= 11 is 0. The highest BCUT2D eigenvalue weighted by Gasteiger charge is 2.34. The minimum Gasteiger partial charge on any atom is -0.130 e. The topological polar surface area (TPSA) is 0 Å². The van der Waals surface area contributed by atoms with Crippen molar-refractivity contribution in [1.82, 2.24) is 0 Å². The third kappa shape index (κ3) is 8.99.